The van der Waals surface area contributed by atoms with Crippen LogP contribution < -0.4 is 5.32 Å². The fourth-order valence-corrected chi connectivity index (χ4v) is 3.26. The summed E-state index contributed by atoms with van der Waals surface area (Å²) in [6.45, 7) is 5.73. The minimum absolute atomic E-state index is 0.0353. The molecular formula is C12H23N3O4S. The van der Waals surface area contributed by atoms with Crippen LogP contribution in [-0.4, -0.2) is 82.3 Å². The van der Waals surface area contributed by atoms with Crippen LogP contribution in [0.15, 0.2) is 0 Å². The molecule has 0 saturated carbocycles. The number of morpholine rings is 1. The van der Waals surface area contributed by atoms with Gasteiger partial charge in [-0.3, -0.25) is 9.69 Å². The van der Waals surface area contributed by atoms with E-state index in [1.807, 2.05) is 0 Å². The summed E-state index contributed by atoms with van der Waals surface area (Å²) in [5.41, 5.74) is 0. The second-order valence-electron chi connectivity index (χ2n) is 5.38. The van der Waals surface area contributed by atoms with Gasteiger partial charge in [0.15, 0.2) is 0 Å². The summed E-state index contributed by atoms with van der Waals surface area (Å²) >= 11 is 0. The van der Waals surface area contributed by atoms with Gasteiger partial charge < -0.3 is 10.1 Å². The summed E-state index contributed by atoms with van der Waals surface area (Å²) < 4.78 is 29.0. The summed E-state index contributed by atoms with van der Waals surface area (Å²) in [6.07, 6.45) is 2.08. The van der Waals surface area contributed by atoms with E-state index >= 15 is 0 Å². The smallest absolute Gasteiger partial charge is 0.225 e. The Balaban J connectivity index is 1.55. The summed E-state index contributed by atoms with van der Waals surface area (Å²) in [7, 11) is -3.14. The molecule has 8 heteroatoms. The number of sulfonamides is 1. The van der Waals surface area contributed by atoms with Crippen molar-refractivity contribution < 1.29 is 17.9 Å². The molecule has 2 fully saturated rings. The van der Waals surface area contributed by atoms with Crippen molar-refractivity contribution in [1.29, 1.82) is 0 Å². The van der Waals surface area contributed by atoms with Gasteiger partial charge in [0.25, 0.3) is 0 Å². The van der Waals surface area contributed by atoms with Gasteiger partial charge >= 0.3 is 0 Å². The molecule has 116 valence electrons. The fourth-order valence-electron chi connectivity index (χ4n) is 2.36. The van der Waals surface area contributed by atoms with Crippen molar-refractivity contribution in [2.24, 2.45) is 5.92 Å². The predicted molar refractivity (Wildman–Crippen MR) is 74.8 cm³/mol. The second kappa shape index (κ2) is 6.84. The lowest BCUT2D eigenvalue weighted by Gasteiger charge is -2.36. The van der Waals surface area contributed by atoms with E-state index in [1.165, 1.54) is 10.6 Å². The van der Waals surface area contributed by atoms with E-state index in [0.717, 1.165) is 39.3 Å². The Morgan fingerprint density at radius 1 is 1.30 bits per heavy atom. The van der Waals surface area contributed by atoms with Crippen LogP contribution >= 0.6 is 0 Å². The maximum atomic E-state index is 11.8. The number of ether oxygens (including phenoxy) is 1. The van der Waals surface area contributed by atoms with Crippen LogP contribution in [0.1, 0.15) is 6.42 Å². The number of carbonyl (C=O) groups excluding carboxylic acids is 1. The van der Waals surface area contributed by atoms with E-state index in [1.54, 1.807) is 0 Å². The normalized spacial score (nSPS) is 22.4. The Morgan fingerprint density at radius 2 is 1.95 bits per heavy atom. The van der Waals surface area contributed by atoms with Gasteiger partial charge in [0.2, 0.25) is 15.9 Å². The molecule has 0 aromatic heterocycles. The molecule has 2 heterocycles. The third kappa shape index (κ3) is 4.41. The molecule has 0 aromatic carbocycles. The van der Waals surface area contributed by atoms with Crippen LogP contribution in [0, 0.1) is 5.92 Å². The van der Waals surface area contributed by atoms with Crippen molar-refractivity contribution in [3.05, 3.63) is 0 Å². The van der Waals surface area contributed by atoms with E-state index in [4.69, 9.17) is 4.74 Å². The molecule has 0 radical (unpaired) electrons. The van der Waals surface area contributed by atoms with E-state index in [9.17, 15) is 13.2 Å². The third-order valence-electron chi connectivity index (χ3n) is 3.74. The molecule has 0 atom stereocenters. The predicted octanol–water partition coefficient (Wildman–Crippen LogP) is -1.28. The number of hydrogen-bond acceptors (Lipinski definition) is 5. The number of hydrogen-bond donors (Lipinski definition) is 1. The number of amides is 1. The average Bonchev–Trinajstić information content (AvgIpc) is 2.32. The summed E-state index contributed by atoms with van der Waals surface area (Å²) in [4.78, 5) is 14.1. The van der Waals surface area contributed by atoms with Crippen molar-refractivity contribution in [2.45, 2.75) is 6.42 Å². The van der Waals surface area contributed by atoms with E-state index in [-0.39, 0.29) is 11.8 Å². The zero-order valence-corrected chi connectivity index (χ0v) is 12.7. The largest absolute Gasteiger partial charge is 0.379 e. The molecule has 0 aliphatic carbocycles. The van der Waals surface area contributed by atoms with Gasteiger partial charge in [0.05, 0.1) is 25.4 Å². The highest BCUT2D eigenvalue weighted by Crippen LogP contribution is 2.18. The molecule has 7 nitrogen and oxygen atoms in total. The molecule has 1 N–H and O–H groups in total. The molecule has 0 unspecified atom stereocenters. The van der Waals surface area contributed by atoms with Crippen molar-refractivity contribution in [3.8, 4) is 0 Å². The van der Waals surface area contributed by atoms with Crippen molar-refractivity contribution >= 4 is 15.9 Å². The molecule has 2 aliphatic heterocycles. The first-order valence-corrected chi connectivity index (χ1v) is 8.84. The monoisotopic (exact) mass is 305 g/mol. The van der Waals surface area contributed by atoms with Crippen LogP contribution in [0.2, 0.25) is 0 Å². The Kier molecular flexibility index (Phi) is 5.36. The molecule has 2 saturated heterocycles. The summed E-state index contributed by atoms with van der Waals surface area (Å²) in [5.74, 6) is -0.222. The molecule has 20 heavy (non-hydrogen) atoms. The van der Waals surface area contributed by atoms with Crippen molar-refractivity contribution in [1.82, 2.24) is 14.5 Å². The zero-order chi connectivity index (χ0) is 14.6. The number of carbonyl (C=O) groups is 1. The lowest BCUT2D eigenvalue weighted by Crippen LogP contribution is -2.55. The molecular weight excluding hydrogens is 282 g/mol. The Bertz CT molecular complexity index is 428. The molecule has 0 spiro atoms. The summed E-state index contributed by atoms with van der Waals surface area (Å²) in [6, 6.07) is 0. The molecule has 0 bridgehead atoms. The first-order chi connectivity index (χ1) is 9.47. The Morgan fingerprint density at radius 3 is 2.55 bits per heavy atom. The maximum absolute atomic E-state index is 11.8. The molecule has 2 aliphatic rings. The quantitative estimate of drug-likeness (QED) is 0.618. The average molecular weight is 305 g/mol. The van der Waals surface area contributed by atoms with E-state index in [0.29, 0.717) is 19.6 Å². The van der Waals surface area contributed by atoms with E-state index < -0.39 is 10.0 Å². The first-order valence-electron chi connectivity index (χ1n) is 7.00. The van der Waals surface area contributed by atoms with Crippen LogP contribution in [0.5, 0.6) is 0 Å². The van der Waals surface area contributed by atoms with Gasteiger partial charge in [-0.15, -0.1) is 0 Å². The van der Waals surface area contributed by atoms with Gasteiger partial charge in [-0.1, -0.05) is 0 Å². The highest BCUT2D eigenvalue weighted by Gasteiger charge is 2.37. The Hall–Kier alpha value is -0.700. The fraction of sp³-hybridized carbons (Fsp3) is 0.917. The van der Waals surface area contributed by atoms with Crippen LogP contribution in [0.3, 0.4) is 0 Å². The van der Waals surface area contributed by atoms with Gasteiger partial charge in [-0.2, -0.15) is 0 Å². The lowest BCUT2D eigenvalue weighted by atomic mass is 10.0. The maximum Gasteiger partial charge on any atom is 0.225 e. The highest BCUT2D eigenvalue weighted by atomic mass is 32.2. The standard InChI is InChI=1S/C12H23N3O4S/c1-20(17,18)15-9-11(10-15)12(16)13-3-2-4-14-5-7-19-8-6-14/h11H,2-10H2,1H3,(H,13,16). The molecule has 2 rings (SSSR count). The van der Waals surface area contributed by atoms with Gasteiger partial charge in [-0.05, 0) is 13.0 Å². The van der Waals surface area contributed by atoms with Crippen molar-refractivity contribution in [3.63, 3.8) is 0 Å². The molecule has 0 aromatic rings. The number of nitrogens with zero attached hydrogens (tertiary/aromatic N) is 2. The number of nitrogens with one attached hydrogen (secondary N) is 1. The minimum atomic E-state index is -3.14. The highest BCUT2D eigenvalue weighted by molar-refractivity contribution is 7.88. The zero-order valence-electron chi connectivity index (χ0n) is 11.9. The van der Waals surface area contributed by atoms with Gasteiger partial charge in [0.1, 0.15) is 0 Å². The van der Waals surface area contributed by atoms with Crippen LogP contribution in [0.25, 0.3) is 0 Å². The summed E-state index contributed by atoms with van der Waals surface area (Å²) in [5, 5.41) is 2.88. The number of rotatable bonds is 6. The minimum Gasteiger partial charge on any atom is -0.379 e. The van der Waals surface area contributed by atoms with Gasteiger partial charge in [0, 0.05) is 32.7 Å². The SMILES string of the molecule is CS(=O)(=O)N1CC(C(=O)NCCCN2CCOCC2)C1. The van der Waals surface area contributed by atoms with Crippen LogP contribution in [0.4, 0.5) is 0 Å². The third-order valence-corrected chi connectivity index (χ3v) is 4.98. The van der Waals surface area contributed by atoms with Crippen molar-refractivity contribution in [2.75, 3.05) is 58.7 Å². The first kappa shape index (κ1) is 15.7. The van der Waals surface area contributed by atoms with Crippen LogP contribution in [-0.2, 0) is 19.6 Å². The lowest BCUT2D eigenvalue weighted by molar-refractivity contribution is -0.128. The topological polar surface area (TPSA) is 79.0 Å². The Labute approximate surface area is 120 Å². The molecule has 1 amide bonds. The second-order valence-corrected chi connectivity index (χ2v) is 7.36. The van der Waals surface area contributed by atoms with E-state index in [2.05, 4.69) is 10.2 Å². The van der Waals surface area contributed by atoms with Gasteiger partial charge in [-0.25, -0.2) is 12.7 Å².